The van der Waals surface area contributed by atoms with Gasteiger partial charge in [0.2, 0.25) is 0 Å². The number of anilines is 1. The highest BCUT2D eigenvalue weighted by molar-refractivity contribution is 7.13. The van der Waals surface area contributed by atoms with Crippen LogP contribution in [0.3, 0.4) is 0 Å². The van der Waals surface area contributed by atoms with Gasteiger partial charge in [-0.05, 0) is 30.2 Å². The van der Waals surface area contributed by atoms with Gasteiger partial charge in [0.1, 0.15) is 0 Å². The highest BCUT2D eigenvalue weighted by Crippen LogP contribution is 2.24. The number of aliphatic hydroxyl groups is 1. The number of carbonyl (C=O) groups excluding carboxylic acids is 1. The Morgan fingerprint density at radius 3 is 2.87 bits per heavy atom. The molecule has 0 bridgehead atoms. The van der Waals surface area contributed by atoms with Crippen LogP contribution in [-0.4, -0.2) is 29.1 Å². The van der Waals surface area contributed by atoms with E-state index in [1.54, 1.807) is 17.5 Å². The van der Waals surface area contributed by atoms with Crippen molar-refractivity contribution in [2.24, 2.45) is 0 Å². The molecule has 8 heteroatoms. The van der Waals surface area contributed by atoms with Gasteiger partial charge in [0.05, 0.1) is 11.5 Å². The summed E-state index contributed by atoms with van der Waals surface area (Å²) in [6, 6.07) is 6.85. The van der Waals surface area contributed by atoms with Gasteiger partial charge >= 0.3 is 5.00 Å². The van der Waals surface area contributed by atoms with Crippen molar-refractivity contribution in [3.05, 3.63) is 56.5 Å². The summed E-state index contributed by atoms with van der Waals surface area (Å²) in [5, 5.41) is 27.1. The van der Waals surface area contributed by atoms with E-state index in [4.69, 9.17) is 5.11 Å². The van der Waals surface area contributed by atoms with Crippen LogP contribution in [0.5, 0.6) is 0 Å². The van der Waals surface area contributed by atoms with E-state index >= 15 is 0 Å². The number of nitro groups is 1. The van der Waals surface area contributed by atoms with Gasteiger partial charge in [-0.2, -0.15) is 0 Å². The van der Waals surface area contributed by atoms with E-state index in [-0.39, 0.29) is 24.1 Å². The molecule has 0 saturated heterocycles. The summed E-state index contributed by atoms with van der Waals surface area (Å²) in [6.45, 7) is 2.35. The van der Waals surface area contributed by atoms with E-state index < -0.39 is 4.92 Å². The van der Waals surface area contributed by atoms with Crippen molar-refractivity contribution in [2.45, 2.75) is 13.5 Å². The van der Waals surface area contributed by atoms with E-state index in [9.17, 15) is 14.9 Å². The Morgan fingerprint density at radius 1 is 1.43 bits per heavy atom. The number of carbonyl (C=O) groups is 1. The maximum absolute atomic E-state index is 12.0. The molecule has 1 aromatic heterocycles. The number of nitrogens with zero attached hydrogens (tertiary/aromatic N) is 1. The first-order chi connectivity index (χ1) is 11.0. The molecule has 0 atom stereocenters. The van der Waals surface area contributed by atoms with Gasteiger partial charge in [-0.25, -0.2) is 0 Å². The van der Waals surface area contributed by atoms with Crippen molar-refractivity contribution >= 4 is 27.9 Å². The summed E-state index contributed by atoms with van der Waals surface area (Å²) in [4.78, 5) is 22.3. The van der Waals surface area contributed by atoms with Crippen LogP contribution >= 0.6 is 11.3 Å². The number of benzene rings is 1. The third kappa shape index (κ3) is 4.27. The fourth-order valence-corrected chi connectivity index (χ4v) is 2.82. The lowest BCUT2D eigenvalue weighted by molar-refractivity contribution is -0.380. The third-order valence-electron chi connectivity index (χ3n) is 3.28. The zero-order valence-corrected chi connectivity index (χ0v) is 13.4. The van der Waals surface area contributed by atoms with Crippen molar-refractivity contribution in [3.63, 3.8) is 0 Å². The first-order valence-electron chi connectivity index (χ1n) is 6.97. The minimum absolute atomic E-state index is 0.107. The van der Waals surface area contributed by atoms with Gasteiger partial charge in [0.15, 0.2) is 0 Å². The molecule has 122 valence electrons. The Labute approximate surface area is 137 Å². The first-order valence-corrected chi connectivity index (χ1v) is 7.85. The van der Waals surface area contributed by atoms with Crippen molar-refractivity contribution in [3.8, 4) is 0 Å². The summed E-state index contributed by atoms with van der Waals surface area (Å²) in [7, 11) is 0. The van der Waals surface area contributed by atoms with Crippen LogP contribution in [0, 0.1) is 17.0 Å². The minimum Gasteiger partial charge on any atom is -0.395 e. The van der Waals surface area contributed by atoms with Crippen LogP contribution in [0.1, 0.15) is 21.5 Å². The average molecular weight is 335 g/mol. The molecule has 0 aliphatic heterocycles. The predicted molar refractivity (Wildman–Crippen MR) is 88.9 cm³/mol. The molecular weight excluding hydrogens is 318 g/mol. The van der Waals surface area contributed by atoms with Gasteiger partial charge in [-0.1, -0.05) is 17.4 Å². The number of nitrogens with one attached hydrogen (secondary N) is 2. The molecule has 1 amide bonds. The highest BCUT2D eigenvalue weighted by atomic mass is 32.1. The minimum atomic E-state index is -0.411. The molecule has 0 radical (unpaired) electrons. The Hall–Kier alpha value is -2.45. The molecule has 23 heavy (non-hydrogen) atoms. The molecule has 3 N–H and O–H groups in total. The Bertz CT molecular complexity index is 714. The van der Waals surface area contributed by atoms with Crippen LogP contribution in [0.4, 0.5) is 10.7 Å². The molecule has 1 aromatic carbocycles. The molecular formula is C15H17N3O4S. The number of rotatable bonds is 7. The van der Waals surface area contributed by atoms with Crippen molar-refractivity contribution in [1.82, 2.24) is 5.32 Å². The van der Waals surface area contributed by atoms with Gasteiger partial charge in [0.25, 0.3) is 5.91 Å². The normalized spacial score (nSPS) is 10.3. The second-order valence-corrected chi connectivity index (χ2v) is 5.75. The van der Waals surface area contributed by atoms with Crippen LogP contribution < -0.4 is 10.6 Å². The van der Waals surface area contributed by atoms with Crippen molar-refractivity contribution in [1.29, 1.82) is 0 Å². The van der Waals surface area contributed by atoms with Gasteiger partial charge in [-0.15, -0.1) is 0 Å². The fraction of sp³-hybridized carbons (Fsp3) is 0.267. The Balaban J connectivity index is 2.07. The largest absolute Gasteiger partial charge is 0.395 e. The maximum Gasteiger partial charge on any atom is 0.324 e. The summed E-state index contributed by atoms with van der Waals surface area (Å²) >= 11 is 1.09. The van der Waals surface area contributed by atoms with E-state index in [0.717, 1.165) is 28.2 Å². The first kappa shape index (κ1) is 16.9. The zero-order valence-electron chi connectivity index (χ0n) is 12.5. The van der Waals surface area contributed by atoms with E-state index in [1.807, 2.05) is 13.0 Å². The molecule has 0 aliphatic carbocycles. The molecule has 0 fully saturated rings. The standard InChI is InChI=1S/C15H17N3O4S/c1-10-12(15(20)16-5-6-19)3-2-4-13(10)17-8-11-7-14(18(21)22)23-9-11/h2-4,7,9,17,19H,5-6,8H2,1H3,(H,16,20). The Kier molecular flexibility index (Phi) is 5.67. The van der Waals surface area contributed by atoms with Crippen LogP contribution in [-0.2, 0) is 6.54 Å². The second-order valence-electron chi connectivity index (χ2n) is 4.86. The number of amides is 1. The molecule has 0 saturated carbocycles. The topological polar surface area (TPSA) is 105 Å². The third-order valence-corrected chi connectivity index (χ3v) is 4.21. The molecule has 0 unspecified atom stereocenters. The number of hydrogen-bond donors (Lipinski definition) is 3. The quantitative estimate of drug-likeness (QED) is 0.532. The summed E-state index contributed by atoms with van der Waals surface area (Å²) in [6.07, 6.45) is 0. The SMILES string of the molecule is Cc1c(NCc2csc([N+](=O)[O-])c2)cccc1C(=O)NCCO. The number of hydrogen-bond acceptors (Lipinski definition) is 6. The molecule has 1 heterocycles. The summed E-state index contributed by atoms with van der Waals surface area (Å²) in [5.41, 5.74) is 2.92. The molecule has 0 spiro atoms. The Morgan fingerprint density at radius 2 is 2.22 bits per heavy atom. The number of aliphatic hydroxyl groups excluding tert-OH is 1. The van der Waals surface area contributed by atoms with E-state index in [2.05, 4.69) is 10.6 Å². The maximum atomic E-state index is 12.0. The van der Waals surface area contributed by atoms with Crippen molar-refractivity contribution < 1.29 is 14.8 Å². The zero-order chi connectivity index (χ0) is 16.8. The van der Waals surface area contributed by atoms with E-state index in [0.29, 0.717) is 12.1 Å². The smallest absolute Gasteiger partial charge is 0.324 e. The molecule has 2 rings (SSSR count). The second kappa shape index (κ2) is 7.70. The predicted octanol–water partition coefficient (Wildman–Crippen LogP) is 2.30. The highest BCUT2D eigenvalue weighted by Gasteiger charge is 2.12. The lowest BCUT2D eigenvalue weighted by atomic mass is 10.1. The fourth-order valence-electron chi connectivity index (χ4n) is 2.09. The molecule has 2 aromatic rings. The summed E-state index contributed by atoms with van der Waals surface area (Å²) in [5.74, 6) is -0.244. The lowest BCUT2D eigenvalue weighted by Gasteiger charge is -2.12. The van der Waals surface area contributed by atoms with E-state index in [1.165, 1.54) is 6.07 Å². The summed E-state index contributed by atoms with van der Waals surface area (Å²) < 4.78 is 0. The monoisotopic (exact) mass is 335 g/mol. The average Bonchev–Trinajstić information content (AvgIpc) is 3.01. The van der Waals surface area contributed by atoms with Crippen molar-refractivity contribution in [2.75, 3.05) is 18.5 Å². The van der Waals surface area contributed by atoms with Crippen LogP contribution in [0.15, 0.2) is 29.6 Å². The number of thiophene rings is 1. The van der Waals surface area contributed by atoms with Gasteiger partial charge in [0, 0.05) is 35.8 Å². The van der Waals surface area contributed by atoms with Crippen LogP contribution in [0.25, 0.3) is 0 Å². The molecule has 7 nitrogen and oxygen atoms in total. The van der Waals surface area contributed by atoms with Gasteiger partial charge in [-0.3, -0.25) is 14.9 Å². The lowest BCUT2D eigenvalue weighted by Crippen LogP contribution is -2.27. The van der Waals surface area contributed by atoms with Crippen LogP contribution in [0.2, 0.25) is 0 Å². The molecule has 0 aliphatic rings. The van der Waals surface area contributed by atoms with Gasteiger partial charge < -0.3 is 15.7 Å².